The number of nitrogens with zero attached hydrogens (tertiary/aromatic N) is 1. The van der Waals surface area contributed by atoms with Crippen LogP contribution in [0.5, 0.6) is 0 Å². The predicted octanol–water partition coefficient (Wildman–Crippen LogP) is 3.51. The van der Waals surface area contributed by atoms with E-state index in [1.807, 2.05) is 0 Å². The van der Waals surface area contributed by atoms with Crippen molar-refractivity contribution in [3.05, 3.63) is 58.2 Å². The summed E-state index contributed by atoms with van der Waals surface area (Å²) in [5.41, 5.74) is 0.598. The Bertz CT molecular complexity index is 577. The monoisotopic (exact) mass is 287 g/mol. The summed E-state index contributed by atoms with van der Waals surface area (Å²) >= 11 is 0. The molecular weight excluding hydrogens is 270 g/mol. The molecule has 0 heterocycles. The second kappa shape index (κ2) is 7.38. The van der Waals surface area contributed by atoms with Crippen molar-refractivity contribution in [3.8, 4) is 0 Å². The highest BCUT2D eigenvalue weighted by atomic mass is 16.6. The largest absolute Gasteiger partial charge is 0.462 e. The molecule has 0 bridgehead atoms. The lowest BCUT2D eigenvalue weighted by molar-refractivity contribution is -0.384. The van der Waals surface area contributed by atoms with Gasteiger partial charge < -0.3 is 4.74 Å². The molecule has 0 saturated carbocycles. The molecule has 0 fully saturated rings. The maximum atomic E-state index is 11.6. The summed E-state index contributed by atoms with van der Waals surface area (Å²) in [5, 5.41) is 10.7. The van der Waals surface area contributed by atoms with Crippen molar-refractivity contribution in [3.63, 3.8) is 0 Å². The molecule has 0 radical (unpaired) electrons. The molecule has 1 aliphatic rings. The summed E-state index contributed by atoms with van der Waals surface area (Å²) < 4.78 is 5.19. The van der Waals surface area contributed by atoms with Gasteiger partial charge in [-0.1, -0.05) is 24.3 Å². The molecule has 0 amide bonds. The normalized spacial score (nSPS) is 17.8. The Morgan fingerprint density at radius 3 is 3.00 bits per heavy atom. The van der Waals surface area contributed by atoms with Gasteiger partial charge in [-0.15, -0.1) is 0 Å². The summed E-state index contributed by atoms with van der Waals surface area (Å²) in [6.07, 6.45) is 10.1. The number of benzene rings is 1. The van der Waals surface area contributed by atoms with E-state index in [0.29, 0.717) is 18.1 Å². The molecule has 0 N–H and O–H groups in total. The van der Waals surface area contributed by atoms with Gasteiger partial charge in [0.1, 0.15) is 0 Å². The molecule has 0 aliphatic heterocycles. The van der Waals surface area contributed by atoms with E-state index >= 15 is 0 Å². The van der Waals surface area contributed by atoms with Gasteiger partial charge in [0.2, 0.25) is 0 Å². The van der Waals surface area contributed by atoms with Crippen molar-refractivity contribution < 1.29 is 14.5 Å². The first-order valence-corrected chi connectivity index (χ1v) is 6.89. The van der Waals surface area contributed by atoms with Gasteiger partial charge in [-0.3, -0.25) is 10.1 Å². The van der Waals surface area contributed by atoms with Crippen LogP contribution in [0.2, 0.25) is 0 Å². The summed E-state index contributed by atoms with van der Waals surface area (Å²) in [6, 6.07) is 6.10. The third kappa shape index (κ3) is 4.87. The number of carbonyl (C=O) groups excluding carboxylic acids is 1. The average Bonchev–Trinajstić information content (AvgIpc) is 2.52. The first-order chi connectivity index (χ1) is 10.1. The Kier molecular flexibility index (Phi) is 5.26. The second-order valence-electron chi connectivity index (χ2n) is 4.97. The van der Waals surface area contributed by atoms with Crippen LogP contribution in [0, 0.1) is 16.0 Å². The van der Waals surface area contributed by atoms with Crippen molar-refractivity contribution in [2.45, 2.75) is 19.3 Å². The zero-order chi connectivity index (χ0) is 15.1. The van der Waals surface area contributed by atoms with Gasteiger partial charge in [0, 0.05) is 18.2 Å². The number of carbonyl (C=O) groups is 1. The van der Waals surface area contributed by atoms with Crippen LogP contribution >= 0.6 is 0 Å². The standard InChI is InChI=1S/C16H17NO4/c18-16(21-12-14-5-2-1-3-6-14)10-9-13-7-4-8-15(11-13)17(19)20/h1-2,4,7-11,14H,3,5-6,12H2/b10-9+. The van der Waals surface area contributed by atoms with Crippen molar-refractivity contribution in [1.82, 2.24) is 0 Å². The van der Waals surface area contributed by atoms with Crippen LogP contribution in [-0.2, 0) is 9.53 Å². The lowest BCUT2D eigenvalue weighted by atomic mass is 9.95. The number of hydrogen-bond donors (Lipinski definition) is 0. The molecule has 0 spiro atoms. The number of hydrogen-bond acceptors (Lipinski definition) is 4. The maximum Gasteiger partial charge on any atom is 0.330 e. The topological polar surface area (TPSA) is 69.4 Å². The Hall–Kier alpha value is -2.43. The molecule has 1 aromatic rings. The molecule has 110 valence electrons. The summed E-state index contributed by atoms with van der Waals surface area (Å²) in [5.74, 6) is -0.0266. The predicted molar refractivity (Wildman–Crippen MR) is 79.6 cm³/mol. The molecule has 0 aromatic heterocycles. The second-order valence-corrected chi connectivity index (χ2v) is 4.97. The lowest BCUT2D eigenvalue weighted by Crippen LogP contribution is -2.13. The van der Waals surface area contributed by atoms with Crippen LogP contribution in [0.25, 0.3) is 6.08 Å². The number of esters is 1. The summed E-state index contributed by atoms with van der Waals surface area (Å²) in [4.78, 5) is 21.8. The third-order valence-corrected chi connectivity index (χ3v) is 3.33. The van der Waals surface area contributed by atoms with Gasteiger partial charge in [-0.25, -0.2) is 4.79 Å². The van der Waals surface area contributed by atoms with E-state index in [2.05, 4.69) is 12.2 Å². The molecule has 1 atom stereocenters. The Morgan fingerprint density at radius 1 is 1.43 bits per heavy atom. The minimum Gasteiger partial charge on any atom is -0.462 e. The number of allylic oxidation sites excluding steroid dienone is 2. The lowest BCUT2D eigenvalue weighted by Gasteiger charge is -2.16. The van der Waals surface area contributed by atoms with Gasteiger partial charge in [0.25, 0.3) is 5.69 Å². The highest BCUT2D eigenvalue weighted by Gasteiger charge is 2.11. The maximum absolute atomic E-state index is 11.6. The van der Waals surface area contributed by atoms with Crippen LogP contribution in [0.4, 0.5) is 5.69 Å². The van der Waals surface area contributed by atoms with E-state index in [0.717, 1.165) is 19.3 Å². The molecule has 2 rings (SSSR count). The molecule has 1 unspecified atom stereocenters. The first-order valence-electron chi connectivity index (χ1n) is 6.89. The molecule has 5 nitrogen and oxygen atoms in total. The number of non-ortho nitro benzene ring substituents is 1. The Balaban J connectivity index is 1.85. The van der Waals surface area contributed by atoms with E-state index in [-0.39, 0.29) is 5.69 Å². The quantitative estimate of drug-likeness (QED) is 0.273. The fraction of sp³-hybridized carbons (Fsp3) is 0.312. The van der Waals surface area contributed by atoms with Crippen LogP contribution in [0.15, 0.2) is 42.5 Å². The molecule has 0 saturated heterocycles. The minimum atomic E-state index is -0.466. The third-order valence-electron chi connectivity index (χ3n) is 3.33. The van der Waals surface area contributed by atoms with Gasteiger partial charge >= 0.3 is 5.97 Å². The highest BCUT2D eigenvalue weighted by molar-refractivity contribution is 5.87. The Labute approximate surface area is 123 Å². The van der Waals surface area contributed by atoms with E-state index < -0.39 is 10.9 Å². The molecule has 21 heavy (non-hydrogen) atoms. The fourth-order valence-corrected chi connectivity index (χ4v) is 2.16. The van der Waals surface area contributed by atoms with E-state index in [4.69, 9.17) is 4.74 Å². The van der Waals surface area contributed by atoms with Crippen LogP contribution in [-0.4, -0.2) is 17.5 Å². The summed E-state index contributed by atoms with van der Waals surface area (Å²) in [6.45, 7) is 0.419. The highest BCUT2D eigenvalue weighted by Crippen LogP contribution is 2.18. The Morgan fingerprint density at radius 2 is 2.29 bits per heavy atom. The van der Waals surface area contributed by atoms with Gasteiger partial charge in [0.15, 0.2) is 0 Å². The van der Waals surface area contributed by atoms with E-state index in [1.165, 1.54) is 24.3 Å². The van der Waals surface area contributed by atoms with Crippen LogP contribution in [0.3, 0.4) is 0 Å². The van der Waals surface area contributed by atoms with Crippen LogP contribution < -0.4 is 0 Å². The molecule has 5 heteroatoms. The molecule has 1 aromatic carbocycles. The summed E-state index contributed by atoms with van der Waals surface area (Å²) in [7, 11) is 0. The zero-order valence-corrected chi connectivity index (χ0v) is 11.6. The first kappa shape index (κ1) is 15.0. The number of rotatable bonds is 5. The average molecular weight is 287 g/mol. The van der Waals surface area contributed by atoms with Crippen molar-refractivity contribution in [2.24, 2.45) is 5.92 Å². The van der Waals surface area contributed by atoms with Gasteiger partial charge in [-0.05, 0) is 36.8 Å². The number of nitro benzene ring substituents is 1. The molecular formula is C16H17NO4. The van der Waals surface area contributed by atoms with Crippen molar-refractivity contribution in [2.75, 3.05) is 6.61 Å². The van der Waals surface area contributed by atoms with Gasteiger partial charge in [0.05, 0.1) is 11.5 Å². The van der Waals surface area contributed by atoms with Crippen LogP contribution in [0.1, 0.15) is 24.8 Å². The van der Waals surface area contributed by atoms with E-state index in [9.17, 15) is 14.9 Å². The smallest absolute Gasteiger partial charge is 0.330 e. The molecule has 1 aliphatic carbocycles. The minimum absolute atomic E-state index is 0.000454. The number of ether oxygens (including phenoxy) is 1. The fourth-order valence-electron chi connectivity index (χ4n) is 2.16. The van der Waals surface area contributed by atoms with Crippen molar-refractivity contribution >= 4 is 17.7 Å². The van der Waals surface area contributed by atoms with E-state index in [1.54, 1.807) is 12.1 Å². The zero-order valence-electron chi connectivity index (χ0n) is 11.6. The van der Waals surface area contributed by atoms with Crippen molar-refractivity contribution in [1.29, 1.82) is 0 Å². The van der Waals surface area contributed by atoms with Gasteiger partial charge in [-0.2, -0.15) is 0 Å². The number of nitro groups is 1. The SMILES string of the molecule is O=C(/C=C/c1cccc([N+](=O)[O-])c1)OCC1CC=CCC1.